The van der Waals surface area contributed by atoms with Crippen molar-refractivity contribution in [1.82, 2.24) is 20.0 Å². The van der Waals surface area contributed by atoms with Crippen LogP contribution in [0.1, 0.15) is 63.5 Å². The molecular weight excluding hydrogens is 312 g/mol. The van der Waals surface area contributed by atoms with Crippen LogP contribution in [0, 0.1) is 5.92 Å². The van der Waals surface area contributed by atoms with Gasteiger partial charge in [-0.3, -0.25) is 9.48 Å². The molecule has 1 N–H and O–H groups in total. The van der Waals surface area contributed by atoms with Crippen molar-refractivity contribution in [2.45, 2.75) is 70.0 Å². The molecule has 2 aliphatic carbocycles. The molecule has 4 rings (SSSR count). The molecule has 2 heterocycles. The van der Waals surface area contributed by atoms with Crippen molar-refractivity contribution in [3.05, 3.63) is 29.6 Å². The van der Waals surface area contributed by atoms with Crippen LogP contribution < -0.4 is 5.32 Å². The van der Waals surface area contributed by atoms with Crippen molar-refractivity contribution >= 4 is 5.91 Å². The van der Waals surface area contributed by atoms with Crippen molar-refractivity contribution in [2.75, 3.05) is 6.54 Å². The molecule has 3 aliphatic rings. The second kappa shape index (κ2) is 6.94. The Morgan fingerprint density at radius 2 is 2.08 bits per heavy atom. The van der Waals surface area contributed by atoms with Crippen molar-refractivity contribution in [1.29, 1.82) is 0 Å². The van der Waals surface area contributed by atoms with Crippen molar-refractivity contribution in [3.63, 3.8) is 0 Å². The Bertz CT molecular complexity index is 660. The molecule has 5 heteroatoms. The summed E-state index contributed by atoms with van der Waals surface area (Å²) in [6, 6.07) is 1.24. The second-order valence-corrected chi connectivity index (χ2v) is 8.15. The standard InChI is InChI=1S/C20H30N4O/c1-14-3-6-17(7-4-14)21-11-15-5-10-19(25)24(18-8-9-18)20(15)16-12-22-23(2)13-16/h3,12-13,15,17-18,20-21H,4-11H2,1-2H3/t15-,17?,20+/m1/s1. The van der Waals surface area contributed by atoms with Crippen LogP contribution in [0.25, 0.3) is 0 Å². The number of hydrogen-bond acceptors (Lipinski definition) is 3. The Labute approximate surface area is 150 Å². The predicted molar refractivity (Wildman–Crippen MR) is 97.9 cm³/mol. The molecular formula is C20H30N4O. The van der Waals surface area contributed by atoms with Crippen LogP contribution in [0.3, 0.4) is 0 Å². The van der Waals surface area contributed by atoms with Gasteiger partial charge in [0.05, 0.1) is 12.2 Å². The molecule has 1 unspecified atom stereocenters. The average molecular weight is 342 g/mol. The number of allylic oxidation sites excluding steroid dienone is 1. The summed E-state index contributed by atoms with van der Waals surface area (Å²) in [6.07, 6.45) is 14.0. The number of hydrogen-bond donors (Lipinski definition) is 1. The molecule has 0 spiro atoms. The van der Waals surface area contributed by atoms with Crippen LogP contribution in [0.2, 0.25) is 0 Å². The van der Waals surface area contributed by atoms with Crippen molar-refractivity contribution < 1.29 is 4.79 Å². The SMILES string of the molecule is CC1=CCC(NC[C@H]2CCC(=O)N(C3CC3)[C@@H]2c2cnn(C)c2)CC1. The molecule has 1 aliphatic heterocycles. The maximum Gasteiger partial charge on any atom is 0.223 e. The quantitative estimate of drug-likeness (QED) is 0.837. The Hall–Kier alpha value is -1.62. The van der Waals surface area contributed by atoms with Crippen LogP contribution in [0.4, 0.5) is 0 Å². The summed E-state index contributed by atoms with van der Waals surface area (Å²) < 4.78 is 1.86. The highest BCUT2D eigenvalue weighted by atomic mass is 16.2. The van der Waals surface area contributed by atoms with Crippen LogP contribution in [0.5, 0.6) is 0 Å². The fourth-order valence-electron chi connectivity index (χ4n) is 4.47. The van der Waals surface area contributed by atoms with E-state index in [0.717, 1.165) is 32.2 Å². The summed E-state index contributed by atoms with van der Waals surface area (Å²) in [7, 11) is 1.96. The zero-order valence-corrected chi connectivity index (χ0v) is 15.4. The van der Waals surface area contributed by atoms with E-state index in [1.807, 2.05) is 17.9 Å². The Balaban J connectivity index is 1.49. The number of aryl methyl sites for hydroxylation is 1. The maximum atomic E-state index is 12.6. The Morgan fingerprint density at radius 3 is 2.72 bits per heavy atom. The van der Waals surface area contributed by atoms with Crippen molar-refractivity contribution in [2.24, 2.45) is 13.0 Å². The number of piperidine rings is 1. The fraction of sp³-hybridized carbons (Fsp3) is 0.700. The monoisotopic (exact) mass is 342 g/mol. The minimum absolute atomic E-state index is 0.191. The largest absolute Gasteiger partial charge is 0.332 e. The molecule has 5 nitrogen and oxygen atoms in total. The fourth-order valence-corrected chi connectivity index (χ4v) is 4.47. The van der Waals surface area contributed by atoms with Gasteiger partial charge in [-0.2, -0.15) is 5.10 Å². The zero-order chi connectivity index (χ0) is 17.4. The van der Waals surface area contributed by atoms with Gasteiger partial charge in [0.2, 0.25) is 5.91 Å². The third-order valence-electron chi connectivity index (χ3n) is 6.08. The third-order valence-corrected chi connectivity index (χ3v) is 6.08. The van der Waals surface area contributed by atoms with Gasteiger partial charge >= 0.3 is 0 Å². The maximum absolute atomic E-state index is 12.6. The molecule has 1 aromatic heterocycles. The van der Waals surface area contributed by atoms with E-state index in [1.165, 1.54) is 24.0 Å². The van der Waals surface area contributed by atoms with Crippen molar-refractivity contribution in [3.8, 4) is 0 Å². The van der Waals surface area contributed by atoms with Gasteiger partial charge in [-0.25, -0.2) is 0 Å². The summed E-state index contributed by atoms with van der Waals surface area (Å²) >= 11 is 0. The Morgan fingerprint density at radius 1 is 1.24 bits per heavy atom. The molecule has 136 valence electrons. The van der Waals surface area contributed by atoms with E-state index in [4.69, 9.17) is 0 Å². The molecule has 1 saturated heterocycles. The third kappa shape index (κ3) is 3.66. The number of likely N-dealkylation sites (tertiary alicyclic amines) is 1. The number of carbonyl (C=O) groups excluding carboxylic acids is 1. The van der Waals surface area contributed by atoms with E-state index >= 15 is 0 Å². The van der Waals surface area contributed by atoms with Gasteiger partial charge < -0.3 is 10.2 Å². The van der Waals surface area contributed by atoms with E-state index in [9.17, 15) is 4.79 Å². The zero-order valence-electron chi connectivity index (χ0n) is 15.4. The number of amides is 1. The van der Waals surface area contributed by atoms with E-state index < -0.39 is 0 Å². The Kier molecular flexibility index (Phi) is 4.67. The lowest BCUT2D eigenvalue weighted by atomic mass is 9.84. The number of aromatic nitrogens is 2. The minimum Gasteiger partial charge on any atom is -0.332 e. The molecule has 1 amide bonds. The van der Waals surface area contributed by atoms with E-state index in [-0.39, 0.29) is 6.04 Å². The van der Waals surface area contributed by atoms with E-state index in [0.29, 0.717) is 30.3 Å². The number of carbonyl (C=O) groups is 1. The number of nitrogens with zero attached hydrogens (tertiary/aromatic N) is 3. The first kappa shape index (κ1) is 16.8. The lowest BCUT2D eigenvalue weighted by Gasteiger charge is -2.42. The average Bonchev–Trinajstić information content (AvgIpc) is 3.35. The van der Waals surface area contributed by atoms with Crippen LogP contribution in [-0.2, 0) is 11.8 Å². The predicted octanol–water partition coefficient (Wildman–Crippen LogP) is 2.95. The molecule has 1 saturated carbocycles. The van der Waals surface area contributed by atoms with E-state index in [1.54, 1.807) is 0 Å². The summed E-state index contributed by atoms with van der Waals surface area (Å²) in [4.78, 5) is 14.8. The van der Waals surface area contributed by atoms with Gasteiger partial charge in [0.15, 0.2) is 0 Å². The second-order valence-electron chi connectivity index (χ2n) is 8.15. The normalized spacial score (nSPS) is 30.5. The molecule has 0 radical (unpaired) electrons. The summed E-state index contributed by atoms with van der Waals surface area (Å²) in [5, 5.41) is 8.18. The topological polar surface area (TPSA) is 50.2 Å². The molecule has 2 fully saturated rings. The summed E-state index contributed by atoms with van der Waals surface area (Å²) in [5.74, 6) is 0.818. The van der Waals surface area contributed by atoms with Gasteiger partial charge in [-0.15, -0.1) is 0 Å². The molecule has 0 bridgehead atoms. The van der Waals surface area contributed by atoms with Gasteiger partial charge in [-0.05, 0) is 51.4 Å². The summed E-state index contributed by atoms with van der Waals surface area (Å²) in [5.41, 5.74) is 2.73. The first-order valence-corrected chi connectivity index (χ1v) is 9.80. The van der Waals surface area contributed by atoms with Gasteiger partial charge in [0.1, 0.15) is 0 Å². The highest BCUT2D eigenvalue weighted by Crippen LogP contribution is 2.43. The number of rotatable bonds is 5. The van der Waals surface area contributed by atoms with Crippen LogP contribution >= 0.6 is 0 Å². The first-order valence-electron chi connectivity index (χ1n) is 9.80. The smallest absolute Gasteiger partial charge is 0.223 e. The molecule has 1 aromatic rings. The molecule has 3 atom stereocenters. The molecule has 0 aromatic carbocycles. The van der Waals surface area contributed by atoms with Crippen LogP contribution in [0.15, 0.2) is 24.0 Å². The van der Waals surface area contributed by atoms with Gasteiger partial charge in [-0.1, -0.05) is 11.6 Å². The summed E-state index contributed by atoms with van der Waals surface area (Å²) in [6.45, 7) is 3.22. The van der Waals surface area contributed by atoms with Gasteiger partial charge in [0.25, 0.3) is 0 Å². The first-order chi connectivity index (χ1) is 12.1. The van der Waals surface area contributed by atoms with E-state index in [2.05, 4.69) is 34.5 Å². The molecule has 25 heavy (non-hydrogen) atoms. The van der Waals surface area contributed by atoms with Gasteiger partial charge in [0, 0.05) is 43.9 Å². The highest BCUT2D eigenvalue weighted by Gasteiger charge is 2.44. The number of nitrogens with one attached hydrogen (secondary N) is 1. The minimum atomic E-state index is 0.191. The lowest BCUT2D eigenvalue weighted by Crippen LogP contribution is -2.48. The highest BCUT2D eigenvalue weighted by molar-refractivity contribution is 5.78. The van der Waals surface area contributed by atoms with Crippen LogP contribution in [-0.4, -0.2) is 39.2 Å². The lowest BCUT2D eigenvalue weighted by molar-refractivity contribution is -0.139.